The van der Waals surface area contributed by atoms with Crippen molar-refractivity contribution >= 4 is 17.7 Å². The molecule has 4 nitrogen and oxygen atoms in total. The zero-order valence-electron chi connectivity index (χ0n) is 15.4. The average molecular weight is 339 g/mol. The Morgan fingerprint density at radius 2 is 1.68 bits per heavy atom. The summed E-state index contributed by atoms with van der Waals surface area (Å²) in [6, 6.07) is 13.4. The van der Waals surface area contributed by atoms with E-state index in [-0.39, 0.29) is 11.3 Å². The third-order valence-electron chi connectivity index (χ3n) is 3.87. The van der Waals surface area contributed by atoms with Crippen LogP contribution < -0.4 is 14.8 Å². The van der Waals surface area contributed by atoms with Gasteiger partial charge in [0.2, 0.25) is 5.91 Å². The van der Waals surface area contributed by atoms with Gasteiger partial charge in [0.25, 0.3) is 0 Å². The van der Waals surface area contributed by atoms with Crippen molar-refractivity contribution in [2.45, 2.75) is 26.2 Å². The number of anilines is 1. The lowest BCUT2D eigenvalue weighted by Gasteiger charge is -2.19. The van der Waals surface area contributed by atoms with Crippen molar-refractivity contribution < 1.29 is 14.3 Å². The molecule has 2 aromatic rings. The summed E-state index contributed by atoms with van der Waals surface area (Å²) in [6.45, 7) is 6.47. The molecular weight excluding hydrogens is 314 g/mol. The van der Waals surface area contributed by atoms with E-state index in [4.69, 9.17) is 9.47 Å². The molecule has 0 saturated heterocycles. The zero-order chi connectivity index (χ0) is 18.4. The Kier molecular flexibility index (Phi) is 5.86. The van der Waals surface area contributed by atoms with Crippen LogP contribution in [0.5, 0.6) is 11.5 Å². The molecule has 0 spiro atoms. The molecule has 0 aliphatic carbocycles. The topological polar surface area (TPSA) is 47.6 Å². The van der Waals surface area contributed by atoms with E-state index in [1.807, 2.05) is 42.5 Å². The van der Waals surface area contributed by atoms with Crippen molar-refractivity contribution in [3.05, 3.63) is 59.7 Å². The Morgan fingerprint density at radius 1 is 1.00 bits per heavy atom. The largest absolute Gasteiger partial charge is 0.493 e. The molecule has 0 aliphatic rings. The molecule has 132 valence electrons. The number of ether oxygens (including phenoxy) is 2. The summed E-state index contributed by atoms with van der Waals surface area (Å²) in [6.07, 6.45) is 3.19. The molecule has 1 amide bonds. The van der Waals surface area contributed by atoms with Crippen molar-refractivity contribution in [3.63, 3.8) is 0 Å². The molecule has 1 N–H and O–H groups in total. The Bertz CT molecular complexity index is 756. The van der Waals surface area contributed by atoms with E-state index in [0.29, 0.717) is 11.5 Å². The van der Waals surface area contributed by atoms with Crippen LogP contribution in [0.3, 0.4) is 0 Å². The van der Waals surface area contributed by atoms with Gasteiger partial charge < -0.3 is 14.8 Å². The van der Waals surface area contributed by atoms with E-state index in [1.54, 1.807) is 20.3 Å². The molecular formula is C21H25NO3. The maximum absolute atomic E-state index is 12.2. The summed E-state index contributed by atoms with van der Waals surface area (Å²) >= 11 is 0. The number of hydrogen-bond acceptors (Lipinski definition) is 3. The van der Waals surface area contributed by atoms with Crippen molar-refractivity contribution in [1.82, 2.24) is 0 Å². The van der Waals surface area contributed by atoms with Gasteiger partial charge in [-0.1, -0.05) is 45.0 Å². The normalized spacial score (nSPS) is 11.4. The van der Waals surface area contributed by atoms with Gasteiger partial charge in [0, 0.05) is 17.3 Å². The Labute approximate surface area is 149 Å². The highest BCUT2D eigenvalue weighted by Crippen LogP contribution is 2.31. The molecule has 2 aromatic carbocycles. The second-order valence-electron chi connectivity index (χ2n) is 6.73. The number of methoxy groups -OCH3 is 2. The van der Waals surface area contributed by atoms with Gasteiger partial charge in [-0.2, -0.15) is 0 Å². The van der Waals surface area contributed by atoms with Gasteiger partial charge in [-0.3, -0.25) is 4.79 Å². The van der Waals surface area contributed by atoms with E-state index in [1.165, 1.54) is 11.6 Å². The van der Waals surface area contributed by atoms with Crippen LogP contribution in [-0.4, -0.2) is 20.1 Å². The Hall–Kier alpha value is -2.75. The molecule has 0 aliphatic heterocycles. The minimum absolute atomic E-state index is 0.0887. The highest BCUT2D eigenvalue weighted by atomic mass is 16.5. The molecule has 0 unspecified atom stereocenters. The summed E-state index contributed by atoms with van der Waals surface area (Å²) in [7, 11) is 3.16. The van der Waals surface area contributed by atoms with E-state index in [9.17, 15) is 4.79 Å². The standard InChI is InChI=1S/C21H25NO3/c1-21(2,3)16-10-12-17(13-11-16)22-19(23)14-9-15-7-6-8-18(24-4)20(15)25-5/h6-14H,1-5H3,(H,22,23)/b14-9+. The van der Waals surface area contributed by atoms with Gasteiger partial charge in [0.15, 0.2) is 11.5 Å². The van der Waals surface area contributed by atoms with Crippen LogP contribution in [0.15, 0.2) is 48.5 Å². The lowest BCUT2D eigenvalue weighted by Crippen LogP contribution is -2.12. The molecule has 0 bridgehead atoms. The first-order valence-electron chi connectivity index (χ1n) is 8.15. The molecule has 4 heteroatoms. The Morgan fingerprint density at radius 3 is 2.24 bits per heavy atom. The van der Waals surface area contributed by atoms with Gasteiger partial charge in [0.05, 0.1) is 14.2 Å². The SMILES string of the molecule is COc1cccc(/C=C/C(=O)Nc2ccc(C(C)(C)C)cc2)c1OC. The van der Waals surface area contributed by atoms with Crippen LogP contribution in [-0.2, 0) is 10.2 Å². The molecule has 0 aromatic heterocycles. The van der Waals surface area contributed by atoms with E-state index < -0.39 is 0 Å². The first-order chi connectivity index (χ1) is 11.8. The minimum Gasteiger partial charge on any atom is -0.493 e. The van der Waals surface area contributed by atoms with Crippen LogP contribution in [0.1, 0.15) is 31.9 Å². The first-order valence-corrected chi connectivity index (χ1v) is 8.15. The monoisotopic (exact) mass is 339 g/mol. The number of para-hydroxylation sites is 1. The maximum Gasteiger partial charge on any atom is 0.248 e. The number of benzene rings is 2. The van der Waals surface area contributed by atoms with Gasteiger partial charge in [-0.25, -0.2) is 0 Å². The molecule has 2 rings (SSSR count). The van der Waals surface area contributed by atoms with E-state index >= 15 is 0 Å². The molecule has 0 fully saturated rings. The quantitative estimate of drug-likeness (QED) is 0.806. The second-order valence-corrected chi connectivity index (χ2v) is 6.73. The first kappa shape index (κ1) is 18.6. The number of rotatable bonds is 5. The third-order valence-corrected chi connectivity index (χ3v) is 3.87. The number of hydrogen-bond donors (Lipinski definition) is 1. The highest BCUT2D eigenvalue weighted by molar-refractivity contribution is 6.02. The van der Waals surface area contributed by atoms with Gasteiger partial charge >= 0.3 is 0 Å². The van der Waals surface area contributed by atoms with E-state index in [0.717, 1.165) is 11.3 Å². The predicted molar refractivity (Wildman–Crippen MR) is 102 cm³/mol. The van der Waals surface area contributed by atoms with Gasteiger partial charge in [-0.05, 0) is 35.3 Å². The highest BCUT2D eigenvalue weighted by Gasteiger charge is 2.13. The van der Waals surface area contributed by atoms with Crippen molar-refractivity contribution in [3.8, 4) is 11.5 Å². The number of carbonyl (C=O) groups excluding carboxylic acids is 1. The fraction of sp³-hybridized carbons (Fsp3) is 0.286. The van der Waals surface area contributed by atoms with Crippen molar-refractivity contribution in [2.75, 3.05) is 19.5 Å². The van der Waals surface area contributed by atoms with E-state index in [2.05, 4.69) is 26.1 Å². The number of amides is 1. The smallest absolute Gasteiger partial charge is 0.248 e. The minimum atomic E-state index is -0.201. The average Bonchev–Trinajstić information content (AvgIpc) is 2.59. The summed E-state index contributed by atoms with van der Waals surface area (Å²) in [4.78, 5) is 12.2. The van der Waals surface area contributed by atoms with Crippen LogP contribution in [0.4, 0.5) is 5.69 Å². The summed E-state index contributed by atoms with van der Waals surface area (Å²) in [5.41, 5.74) is 2.85. The van der Waals surface area contributed by atoms with Gasteiger partial charge in [-0.15, -0.1) is 0 Å². The van der Waals surface area contributed by atoms with Crippen LogP contribution in [0.25, 0.3) is 6.08 Å². The van der Waals surface area contributed by atoms with Crippen LogP contribution >= 0.6 is 0 Å². The van der Waals surface area contributed by atoms with Gasteiger partial charge in [0.1, 0.15) is 0 Å². The molecule has 0 atom stereocenters. The second kappa shape index (κ2) is 7.88. The van der Waals surface area contributed by atoms with Crippen LogP contribution in [0, 0.1) is 0 Å². The fourth-order valence-corrected chi connectivity index (χ4v) is 2.45. The van der Waals surface area contributed by atoms with Crippen LogP contribution in [0.2, 0.25) is 0 Å². The summed E-state index contributed by atoms with van der Waals surface area (Å²) in [5.74, 6) is 1.03. The summed E-state index contributed by atoms with van der Waals surface area (Å²) in [5, 5.41) is 2.86. The number of carbonyl (C=O) groups is 1. The molecule has 0 heterocycles. The van der Waals surface area contributed by atoms with Crippen molar-refractivity contribution in [1.29, 1.82) is 0 Å². The van der Waals surface area contributed by atoms with Crippen molar-refractivity contribution in [2.24, 2.45) is 0 Å². The third kappa shape index (κ3) is 4.86. The maximum atomic E-state index is 12.2. The molecule has 0 radical (unpaired) electrons. The molecule has 25 heavy (non-hydrogen) atoms. The lowest BCUT2D eigenvalue weighted by atomic mass is 9.87. The summed E-state index contributed by atoms with van der Waals surface area (Å²) < 4.78 is 10.6. The Balaban J connectivity index is 2.09. The molecule has 0 saturated carbocycles. The number of nitrogens with one attached hydrogen (secondary N) is 1. The zero-order valence-corrected chi connectivity index (χ0v) is 15.4. The lowest BCUT2D eigenvalue weighted by molar-refractivity contribution is -0.111. The predicted octanol–water partition coefficient (Wildman–Crippen LogP) is 4.65. The fourth-order valence-electron chi connectivity index (χ4n) is 2.45.